The number of carbonyl (C=O) groups excluding carboxylic acids is 3. The third-order valence-electron chi connectivity index (χ3n) is 4.08. The Balaban J connectivity index is 1.75. The van der Waals surface area contributed by atoms with Gasteiger partial charge in [-0.3, -0.25) is 9.59 Å². The molecule has 1 fully saturated rings. The van der Waals surface area contributed by atoms with Crippen LogP contribution in [0.25, 0.3) is 0 Å². The summed E-state index contributed by atoms with van der Waals surface area (Å²) in [5.74, 6) is -1.10. The zero-order valence-corrected chi connectivity index (χ0v) is 14.6. The van der Waals surface area contributed by atoms with E-state index in [2.05, 4.69) is 0 Å². The first kappa shape index (κ1) is 18.8. The largest absolute Gasteiger partial charge is 0.482 e. The van der Waals surface area contributed by atoms with E-state index in [0.29, 0.717) is 25.1 Å². The number of carbonyl (C=O) groups is 3. The Labute approximate surface area is 147 Å². The topological polar surface area (TPSA) is 98.9 Å². The van der Waals surface area contributed by atoms with Gasteiger partial charge < -0.3 is 20.1 Å². The van der Waals surface area contributed by atoms with Crippen LogP contribution in [0.1, 0.15) is 24.0 Å². The smallest absolute Gasteiger partial charge is 0.344 e. The Kier molecular flexibility index (Phi) is 6.38. The summed E-state index contributed by atoms with van der Waals surface area (Å²) in [5.41, 5.74) is 7.36. The molecule has 0 saturated carbocycles. The molecule has 25 heavy (non-hydrogen) atoms. The molecule has 1 heterocycles. The van der Waals surface area contributed by atoms with Crippen LogP contribution in [0.2, 0.25) is 0 Å². The molecular weight excluding hydrogens is 324 g/mol. The molecule has 0 radical (unpaired) electrons. The van der Waals surface area contributed by atoms with Crippen LogP contribution in [0.3, 0.4) is 0 Å². The highest BCUT2D eigenvalue weighted by Gasteiger charge is 2.27. The lowest BCUT2D eigenvalue weighted by atomic mass is 9.97. The normalized spacial score (nSPS) is 17.0. The first-order valence-electron chi connectivity index (χ1n) is 8.29. The second-order valence-electron chi connectivity index (χ2n) is 6.35. The molecule has 2 N–H and O–H groups in total. The highest BCUT2D eigenvalue weighted by molar-refractivity contribution is 5.82. The van der Waals surface area contributed by atoms with Gasteiger partial charge in [0.25, 0.3) is 5.91 Å². The summed E-state index contributed by atoms with van der Waals surface area (Å²) in [6, 6.07) is 5.65. The van der Waals surface area contributed by atoms with Gasteiger partial charge in [0.15, 0.2) is 13.2 Å². The maximum Gasteiger partial charge on any atom is 0.344 e. The monoisotopic (exact) mass is 348 g/mol. The van der Waals surface area contributed by atoms with Gasteiger partial charge in [0.1, 0.15) is 5.75 Å². The quantitative estimate of drug-likeness (QED) is 0.772. The lowest BCUT2D eigenvalue weighted by Crippen LogP contribution is -2.45. The molecule has 1 aromatic rings. The molecule has 2 rings (SSSR count). The van der Waals surface area contributed by atoms with Crippen LogP contribution in [0, 0.1) is 19.8 Å². The lowest BCUT2D eigenvalue weighted by Gasteiger charge is -2.31. The molecule has 0 aliphatic carbocycles. The average Bonchev–Trinajstić information content (AvgIpc) is 2.57. The molecule has 0 spiro atoms. The standard InChI is InChI=1S/C18H24N2O5/c1-12-6-13(2)8-15(7-12)24-11-17(22)25-10-16(21)20-5-3-4-14(9-20)18(19)23/h6-8,14H,3-5,9-11H2,1-2H3,(H2,19,23)/t14-/m1/s1. The average molecular weight is 348 g/mol. The van der Waals surface area contributed by atoms with Crippen molar-refractivity contribution in [3.8, 4) is 5.75 Å². The van der Waals surface area contributed by atoms with Crippen molar-refractivity contribution >= 4 is 17.8 Å². The van der Waals surface area contributed by atoms with E-state index in [-0.39, 0.29) is 31.6 Å². The van der Waals surface area contributed by atoms with Gasteiger partial charge in [-0.15, -0.1) is 0 Å². The zero-order chi connectivity index (χ0) is 18.4. The minimum Gasteiger partial charge on any atom is -0.482 e. The molecule has 1 aliphatic heterocycles. The summed E-state index contributed by atoms with van der Waals surface area (Å²) in [6.07, 6.45) is 1.39. The van der Waals surface area contributed by atoms with Crippen LogP contribution in [0.4, 0.5) is 0 Å². The summed E-state index contributed by atoms with van der Waals surface area (Å²) < 4.78 is 10.4. The van der Waals surface area contributed by atoms with Gasteiger partial charge >= 0.3 is 5.97 Å². The van der Waals surface area contributed by atoms with Crippen molar-refractivity contribution in [1.82, 2.24) is 4.90 Å². The Morgan fingerprint density at radius 3 is 2.48 bits per heavy atom. The lowest BCUT2D eigenvalue weighted by molar-refractivity contribution is -0.154. The molecule has 7 nitrogen and oxygen atoms in total. The van der Waals surface area contributed by atoms with Gasteiger partial charge in [-0.1, -0.05) is 6.07 Å². The number of esters is 1. The Morgan fingerprint density at radius 2 is 1.84 bits per heavy atom. The van der Waals surface area contributed by atoms with Crippen LogP contribution < -0.4 is 10.5 Å². The fourth-order valence-electron chi connectivity index (χ4n) is 2.87. The minimum atomic E-state index is -0.615. The van der Waals surface area contributed by atoms with Crippen molar-refractivity contribution in [2.75, 3.05) is 26.3 Å². The van der Waals surface area contributed by atoms with Crippen LogP contribution in [-0.2, 0) is 19.1 Å². The third kappa shape index (κ3) is 5.77. The fraction of sp³-hybridized carbons (Fsp3) is 0.500. The summed E-state index contributed by atoms with van der Waals surface area (Å²) in [7, 11) is 0. The molecule has 0 aromatic heterocycles. The maximum atomic E-state index is 12.1. The molecule has 136 valence electrons. The summed E-state index contributed by atoms with van der Waals surface area (Å²) in [5, 5.41) is 0. The number of primary amides is 1. The summed E-state index contributed by atoms with van der Waals surface area (Å²) in [4.78, 5) is 36.6. The van der Waals surface area contributed by atoms with E-state index in [4.69, 9.17) is 15.2 Å². The molecule has 0 bridgehead atoms. The fourth-order valence-corrected chi connectivity index (χ4v) is 2.87. The first-order chi connectivity index (χ1) is 11.8. The van der Waals surface area contributed by atoms with Crippen LogP contribution in [0.15, 0.2) is 18.2 Å². The van der Waals surface area contributed by atoms with E-state index in [1.807, 2.05) is 32.0 Å². The zero-order valence-electron chi connectivity index (χ0n) is 14.6. The summed E-state index contributed by atoms with van der Waals surface area (Å²) >= 11 is 0. The number of rotatable bonds is 6. The number of amides is 2. The second kappa shape index (κ2) is 8.50. The van der Waals surface area contributed by atoms with E-state index in [0.717, 1.165) is 11.1 Å². The highest BCUT2D eigenvalue weighted by Crippen LogP contribution is 2.17. The van der Waals surface area contributed by atoms with Gasteiger partial charge in [-0.25, -0.2) is 4.79 Å². The van der Waals surface area contributed by atoms with Crippen LogP contribution in [0.5, 0.6) is 5.75 Å². The van der Waals surface area contributed by atoms with Crippen LogP contribution in [-0.4, -0.2) is 49.0 Å². The molecule has 1 aromatic carbocycles. The molecule has 1 atom stereocenters. The van der Waals surface area contributed by atoms with Crippen LogP contribution >= 0.6 is 0 Å². The maximum absolute atomic E-state index is 12.1. The number of aryl methyl sites for hydroxylation is 2. The summed E-state index contributed by atoms with van der Waals surface area (Å²) in [6.45, 7) is 4.08. The number of hydrogen-bond donors (Lipinski definition) is 1. The molecule has 0 unspecified atom stereocenters. The van der Waals surface area contributed by atoms with E-state index >= 15 is 0 Å². The predicted octanol–water partition coefficient (Wildman–Crippen LogP) is 0.949. The number of nitrogens with zero attached hydrogens (tertiary/aromatic N) is 1. The molecule has 2 amide bonds. The van der Waals surface area contributed by atoms with Gasteiger partial charge in [-0.05, 0) is 49.9 Å². The SMILES string of the molecule is Cc1cc(C)cc(OCC(=O)OCC(=O)N2CCC[C@@H](C(N)=O)C2)c1. The number of hydrogen-bond acceptors (Lipinski definition) is 5. The molecule has 7 heteroatoms. The van der Waals surface area contributed by atoms with E-state index in [9.17, 15) is 14.4 Å². The number of nitrogens with two attached hydrogens (primary N) is 1. The van der Waals surface area contributed by atoms with Gasteiger partial charge in [-0.2, -0.15) is 0 Å². The van der Waals surface area contributed by atoms with Crippen molar-refractivity contribution in [3.05, 3.63) is 29.3 Å². The van der Waals surface area contributed by atoms with Crippen molar-refractivity contribution in [2.45, 2.75) is 26.7 Å². The third-order valence-corrected chi connectivity index (χ3v) is 4.08. The second-order valence-corrected chi connectivity index (χ2v) is 6.35. The van der Waals surface area contributed by atoms with Crippen molar-refractivity contribution in [1.29, 1.82) is 0 Å². The molecular formula is C18H24N2O5. The van der Waals surface area contributed by atoms with E-state index in [1.165, 1.54) is 4.90 Å². The van der Waals surface area contributed by atoms with E-state index < -0.39 is 11.9 Å². The number of piperidine rings is 1. The molecule has 1 saturated heterocycles. The Hall–Kier alpha value is -2.57. The van der Waals surface area contributed by atoms with Crippen molar-refractivity contribution in [3.63, 3.8) is 0 Å². The predicted molar refractivity (Wildman–Crippen MR) is 90.9 cm³/mol. The minimum absolute atomic E-state index is 0.264. The van der Waals surface area contributed by atoms with Gasteiger partial charge in [0, 0.05) is 13.1 Å². The number of ether oxygens (including phenoxy) is 2. The van der Waals surface area contributed by atoms with Crippen molar-refractivity contribution in [2.24, 2.45) is 11.7 Å². The number of benzene rings is 1. The van der Waals surface area contributed by atoms with Gasteiger partial charge in [0.05, 0.1) is 5.92 Å². The van der Waals surface area contributed by atoms with Crippen molar-refractivity contribution < 1.29 is 23.9 Å². The number of likely N-dealkylation sites (tertiary alicyclic amines) is 1. The Bertz CT molecular complexity index is 639. The molecule has 1 aliphatic rings. The van der Waals surface area contributed by atoms with E-state index in [1.54, 1.807) is 0 Å². The highest BCUT2D eigenvalue weighted by atomic mass is 16.6. The Morgan fingerprint density at radius 1 is 1.16 bits per heavy atom. The first-order valence-corrected chi connectivity index (χ1v) is 8.29. The van der Waals surface area contributed by atoms with Gasteiger partial charge in [0.2, 0.25) is 5.91 Å².